The summed E-state index contributed by atoms with van der Waals surface area (Å²) >= 11 is 3.00. The van der Waals surface area contributed by atoms with E-state index in [1.807, 2.05) is 6.07 Å². The van der Waals surface area contributed by atoms with Crippen molar-refractivity contribution in [3.8, 4) is 0 Å². The van der Waals surface area contributed by atoms with Gasteiger partial charge in [-0.1, -0.05) is 18.2 Å². The summed E-state index contributed by atoms with van der Waals surface area (Å²) in [5, 5.41) is 0. The third-order valence-corrected chi connectivity index (χ3v) is 1.50. The third kappa shape index (κ3) is 3.18. The van der Waals surface area contributed by atoms with Crippen LogP contribution in [0.5, 0.6) is 0 Å². The zero-order valence-electron chi connectivity index (χ0n) is 5.68. The lowest BCUT2D eigenvalue weighted by Crippen LogP contribution is -1.99. The quantitative estimate of drug-likeness (QED) is 0.784. The molecule has 0 bridgehead atoms. The van der Waals surface area contributed by atoms with Gasteiger partial charge in [-0.15, -0.1) is 12.4 Å². The van der Waals surface area contributed by atoms with E-state index in [4.69, 9.17) is 0 Å². The highest BCUT2D eigenvalue weighted by Crippen LogP contribution is 2.05. The van der Waals surface area contributed by atoms with E-state index in [-0.39, 0.29) is 18.2 Å². The monoisotopic (exact) mass is 239 g/mol. The van der Waals surface area contributed by atoms with E-state index in [0.29, 0.717) is 12.1 Å². The lowest BCUT2D eigenvalue weighted by atomic mass is 10.2. The summed E-state index contributed by atoms with van der Waals surface area (Å²) in [6.45, 7) is 0.507. The van der Waals surface area contributed by atoms with Gasteiger partial charge in [0.2, 0.25) is 0 Å². The topological polar surface area (TPSA) is 12.0 Å². The summed E-state index contributed by atoms with van der Waals surface area (Å²) in [6, 6.07) is 6.67. The Morgan fingerprint density at radius 1 is 1.36 bits per heavy atom. The molecule has 0 heterocycles. The molecule has 62 valence electrons. The van der Waals surface area contributed by atoms with E-state index in [1.54, 1.807) is 12.1 Å². The van der Waals surface area contributed by atoms with Crippen molar-refractivity contribution in [1.29, 1.82) is 0 Å². The van der Waals surface area contributed by atoms with Crippen molar-refractivity contribution >= 4 is 28.6 Å². The first-order chi connectivity index (χ1) is 4.84. The van der Waals surface area contributed by atoms with Crippen molar-refractivity contribution in [2.45, 2.75) is 6.54 Å². The molecule has 0 fully saturated rings. The van der Waals surface area contributed by atoms with E-state index < -0.39 is 0 Å². The van der Waals surface area contributed by atoms with Gasteiger partial charge in [-0.05, 0) is 6.07 Å². The zero-order valence-corrected chi connectivity index (χ0v) is 8.08. The van der Waals surface area contributed by atoms with Gasteiger partial charge in [0.1, 0.15) is 5.82 Å². The molecule has 1 N–H and O–H groups in total. The minimum absolute atomic E-state index is 0. The highest BCUT2D eigenvalue weighted by atomic mass is 79.9. The van der Waals surface area contributed by atoms with Crippen LogP contribution in [-0.4, -0.2) is 0 Å². The van der Waals surface area contributed by atoms with E-state index >= 15 is 0 Å². The molecule has 0 aliphatic carbocycles. The lowest BCUT2D eigenvalue weighted by molar-refractivity contribution is 0.608. The van der Waals surface area contributed by atoms with Crippen LogP contribution in [0.1, 0.15) is 5.56 Å². The Morgan fingerprint density at radius 3 is 2.55 bits per heavy atom. The van der Waals surface area contributed by atoms with Gasteiger partial charge in [0.15, 0.2) is 0 Å². The molecule has 0 aromatic heterocycles. The molecule has 0 radical (unpaired) electrons. The Kier molecular flexibility index (Phi) is 5.46. The van der Waals surface area contributed by atoms with Gasteiger partial charge in [0.25, 0.3) is 0 Å². The molecule has 0 amide bonds. The van der Waals surface area contributed by atoms with Gasteiger partial charge in [0.05, 0.1) is 0 Å². The number of rotatable bonds is 2. The van der Waals surface area contributed by atoms with E-state index in [9.17, 15) is 4.39 Å². The van der Waals surface area contributed by atoms with Gasteiger partial charge >= 0.3 is 0 Å². The number of hydrogen-bond acceptors (Lipinski definition) is 1. The first-order valence-corrected chi connectivity index (χ1v) is 3.71. The van der Waals surface area contributed by atoms with Crippen molar-refractivity contribution in [1.82, 2.24) is 4.34 Å². The Morgan fingerprint density at radius 2 is 2.00 bits per heavy atom. The van der Waals surface area contributed by atoms with Crippen molar-refractivity contribution in [2.75, 3.05) is 0 Å². The van der Waals surface area contributed by atoms with Gasteiger partial charge in [-0.3, -0.25) is 4.34 Å². The lowest BCUT2D eigenvalue weighted by Gasteiger charge is -1.98. The molecule has 1 aromatic carbocycles. The molecule has 0 unspecified atom stereocenters. The van der Waals surface area contributed by atoms with Crippen molar-refractivity contribution in [2.24, 2.45) is 0 Å². The number of nitrogens with one attached hydrogen (secondary N) is 1. The second-order valence-electron chi connectivity index (χ2n) is 1.90. The molecule has 0 saturated carbocycles. The smallest absolute Gasteiger partial charge is 0.127 e. The molecular formula is C7H8BrClFN. The maximum atomic E-state index is 12.7. The Hall–Kier alpha value is -0.120. The van der Waals surface area contributed by atoms with Crippen LogP contribution in [0.15, 0.2) is 24.3 Å². The van der Waals surface area contributed by atoms with Crippen LogP contribution in [0.4, 0.5) is 4.39 Å². The molecule has 1 nitrogen and oxygen atoms in total. The van der Waals surface area contributed by atoms with Crippen LogP contribution in [0, 0.1) is 5.82 Å². The molecule has 0 aliphatic rings. The Balaban J connectivity index is 0.000001000. The average molecular weight is 241 g/mol. The van der Waals surface area contributed by atoms with Crippen LogP contribution in [0.3, 0.4) is 0 Å². The summed E-state index contributed by atoms with van der Waals surface area (Å²) in [5.74, 6) is -0.172. The van der Waals surface area contributed by atoms with E-state index in [2.05, 4.69) is 20.5 Å². The molecule has 1 aromatic rings. The standard InChI is InChI=1S/C7H7BrFN.ClH/c8-10-5-6-3-1-2-4-7(6)9;/h1-4,10H,5H2;1H. The largest absolute Gasteiger partial charge is 0.251 e. The normalized spacial score (nSPS) is 8.91. The highest BCUT2D eigenvalue weighted by Gasteiger charge is 1.96. The number of hydrogen-bond donors (Lipinski definition) is 1. The van der Waals surface area contributed by atoms with Crippen LogP contribution < -0.4 is 4.34 Å². The predicted molar refractivity (Wildman–Crippen MR) is 49.4 cm³/mol. The van der Waals surface area contributed by atoms with Gasteiger partial charge in [-0.2, -0.15) is 0 Å². The molecule has 0 spiro atoms. The van der Waals surface area contributed by atoms with Crippen LogP contribution in [-0.2, 0) is 6.54 Å². The Bertz CT molecular complexity index is 219. The first-order valence-electron chi connectivity index (χ1n) is 2.91. The second-order valence-corrected chi connectivity index (χ2v) is 2.46. The van der Waals surface area contributed by atoms with E-state index in [1.165, 1.54) is 6.07 Å². The fourth-order valence-corrected chi connectivity index (χ4v) is 1.02. The molecule has 1 rings (SSSR count). The molecule has 0 saturated heterocycles. The summed E-state index contributed by atoms with van der Waals surface area (Å²) in [7, 11) is 0. The second kappa shape index (κ2) is 5.52. The summed E-state index contributed by atoms with van der Waals surface area (Å²) in [5.41, 5.74) is 0.666. The number of halogens is 3. The average Bonchev–Trinajstić information content (AvgIpc) is 1.94. The number of benzene rings is 1. The molecule has 0 aliphatic heterocycles. The molecular weight excluding hydrogens is 232 g/mol. The van der Waals surface area contributed by atoms with Crippen LogP contribution >= 0.6 is 28.6 Å². The highest BCUT2D eigenvalue weighted by molar-refractivity contribution is 9.08. The molecule has 4 heteroatoms. The third-order valence-electron chi connectivity index (χ3n) is 1.22. The molecule has 11 heavy (non-hydrogen) atoms. The van der Waals surface area contributed by atoms with Gasteiger partial charge < -0.3 is 0 Å². The van der Waals surface area contributed by atoms with Crippen molar-refractivity contribution in [3.63, 3.8) is 0 Å². The predicted octanol–water partition coefficient (Wildman–Crippen LogP) is 2.65. The zero-order chi connectivity index (χ0) is 7.40. The van der Waals surface area contributed by atoms with Crippen LogP contribution in [0.2, 0.25) is 0 Å². The summed E-state index contributed by atoms with van der Waals surface area (Å²) in [4.78, 5) is 0. The minimum Gasteiger partial charge on any atom is -0.251 e. The first kappa shape index (κ1) is 10.9. The SMILES string of the molecule is Cl.Fc1ccccc1CNBr. The summed E-state index contributed by atoms with van der Waals surface area (Å²) in [6.07, 6.45) is 0. The molecule has 0 atom stereocenters. The Labute approximate surface area is 79.7 Å². The van der Waals surface area contributed by atoms with Crippen molar-refractivity contribution < 1.29 is 4.39 Å². The van der Waals surface area contributed by atoms with Crippen LogP contribution in [0.25, 0.3) is 0 Å². The van der Waals surface area contributed by atoms with E-state index in [0.717, 1.165) is 0 Å². The van der Waals surface area contributed by atoms with Gasteiger partial charge in [0, 0.05) is 28.3 Å². The maximum absolute atomic E-state index is 12.7. The summed E-state index contributed by atoms with van der Waals surface area (Å²) < 4.78 is 15.4. The van der Waals surface area contributed by atoms with Crippen molar-refractivity contribution in [3.05, 3.63) is 35.6 Å². The fraction of sp³-hybridized carbons (Fsp3) is 0.143. The minimum atomic E-state index is -0.172. The maximum Gasteiger partial charge on any atom is 0.127 e. The van der Waals surface area contributed by atoms with Gasteiger partial charge in [-0.25, -0.2) is 4.39 Å². The fourth-order valence-electron chi connectivity index (χ4n) is 0.714.